The van der Waals surface area contributed by atoms with Gasteiger partial charge in [-0.25, -0.2) is 13.1 Å². The first kappa shape index (κ1) is 20.5. The lowest BCUT2D eigenvalue weighted by Crippen LogP contribution is -2.52. The molecule has 0 aliphatic carbocycles. The van der Waals surface area contributed by atoms with Crippen molar-refractivity contribution < 1.29 is 18.0 Å². The average molecular weight is 454 g/mol. The second kappa shape index (κ2) is 8.55. The van der Waals surface area contributed by atoms with Crippen LogP contribution in [0.5, 0.6) is 0 Å². The molecule has 7 nitrogen and oxygen atoms in total. The quantitative estimate of drug-likeness (QED) is 0.753. The van der Waals surface area contributed by atoms with Crippen molar-refractivity contribution in [1.82, 2.24) is 14.5 Å². The van der Waals surface area contributed by atoms with E-state index in [0.29, 0.717) is 48.0 Å². The Hall–Kier alpha value is -1.75. The number of carbonyl (C=O) groups excluding carboxylic acids is 2. The Morgan fingerprint density at radius 1 is 1.00 bits per heavy atom. The molecular formula is C19H23N3O4S3. The third kappa shape index (κ3) is 4.40. The molecule has 0 bridgehead atoms. The Balaban J connectivity index is 1.34. The van der Waals surface area contributed by atoms with Crippen molar-refractivity contribution in [3.8, 4) is 0 Å². The van der Waals surface area contributed by atoms with Crippen LogP contribution in [0.2, 0.25) is 0 Å². The zero-order chi connectivity index (χ0) is 20.4. The van der Waals surface area contributed by atoms with Crippen LogP contribution in [0.4, 0.5) is 0 Å². The van der Waals surface area contributed by atoms with Crippen LogP contribution >= 0.6 is 22.7 Å². The minimum absolute atomic E-state index is 0.0213. The van der Waals surface area contributed by atoms with Gasteiger partial charge in [-0.2, -0.15) is 0 Å². The van der Waals surface area contributed by atoms with E-state index in [1.54, 1.807) is 33.4 Å². The molecule has 2 aliphatic heterocycles. The molecule has 1 N–H and O–H groups in total. The van der Waals surface area contributed by atoms with Gasteiger partial charge in [-0.05, 0) is 48.6 Å². The molecule has 4 heterocycles. The molecule has 0 saturated carbocycles. The number of hydrogen-bond donors (Lipinski definition) is 1. The van der Waals surface area contributed by atoms with Gasteiger partial charge in [0.1, 0.15) is 10.3 Å². The first-order chi connectivity index (χ1) is 14.0. The van der Waals surface area contributed by atoms with Crippen molar-refractivity contribution in [2.45, 2.75) is 42.0 Å². The molecule has 2 aliphatic rings. The number of carbonyl (C=O) groups is 2. The lowest BCUT2D eigenvalue weighted by atomic mass is 10.0. The van der Waals surface area contributed by atoms with E-state index in [1.807, 2.05) is 11.4 Å². The fourth-order valence-electron chi connectivity index (χ4n) is 3.93. The van der Waals surface area contributed by atoms with E-state index < -0.39 is 16.1 Å². The summed E-state index contributed by atoms with van der Waals surface area (Å²) >= 11 is 2.58. The van der Waals surface area contributed by atoms with Crippen LogP contribution in [0.15, 0.2) is 39.2 Å². The number of thiophene rings is 2. The first-order valence-corrected chi connectivity index (χ1v) is 12.9. The summed E-state index contributed by atoms with van der Waals surface area (Å²) in [5.74, 6) is -0.0959. The highest BCUT2D eigenvalue weighted by Gasteiger charge is 2.38. The molecule has 0 radical (unpaired) electrons. The van der Waals surface area contributed by atoms with E-state index in [1.165, 1.54) is 22.7 Å². The SMILES string of the molecule is O=C([C@@H]1CCCN1C(=O)c1cccs1)N1CCC(NS(=O)(=O)c2cccs2)CC1. The monoisotopic (exact) mass is 453 g/mol. The number of nitrogens with zero attached hydrogens (tertiary/aromatic N) is 2. The maximum Gasteiger partial charge on any atom is 0.264 e. The lowest BCUT2D eigenvalue weighted by molar-refractivity contribution is -0.136. The normalized spacial score (nSPS) is 20.9. The van der Waals surface area contributed by atoms with Gasteiger partial charge in [0, 0.05) is 25.7 Å². The molecule has 2 amide bonds. The van der Waals surface area contributed by atoms with E-state index >= 15 is 0 Å². The maximum absolute atomic E-state index is 13.1. The third-order valence-electron chi connectivity index (χ3n) is 5.42. The van der Waals surface area contributed by atoms with Crippen molar-refractivity contribution in [3.05, 3.63) is 39.9 Å². The fourth-order valence-corrected chi connectivity index (χ4v) is 6.92. The highest BCUT2D eigenvalue weighted by atomic mass is 32.2. The Labute approximate surface area is 178 Å². The number of piperidine rings is 1. The van der Waals surface area contributed by atoms with E-state index in [2.05, 4.69) is 4.72 Å². The largest absolute Gasteiger partial charge is 0.341 e. The van der Waals surface area contributed by atoms with Crippen LogP contribution in [0.1, 0.15) is 35.4 Å². The fraction of sp³-hybridized carbons (Fsp3) is 0.474. The summed E-state index contributed by atoms with van der Waals surface area (Å²) in [6, 6.07) is 6.34. The third-order valence-corrected chi connectivity index (χ3v) is 9.19. The molecule has 1 atom stereocenters. The van der Waals surface area contributed by atoms with Gasteiger partial charge in [0.05, 0.1) is 4.88 Å². The van der Waals surface area contributed by atoms with Crippen molar-refractivity contribution in [3.63, 3.8) is 0 Å². The lowest BCUT2D eigenvalue weighted by Gasteiger charge is -2.35. The number of nitrogens with one attached hydrogen (secondary N) is 1. The van der Waals surface area contributed by atoms with Gasteiger partial charge in [-0.3, -0.25) is 9.59 Å². The minimum atomic E-state index is -3.50. The molecule has 29 heavy (non-hydrogen) atoms. The molecule has 10 heteroatoms. The molecular weight excluding hydrogens is 430 g/mol. The minimum Gasteiger partial charge on any atom is -0.341 e. The molecule has 2 aromatic rings. The van der Waals surface area contributed by atoms with Crippen LogP contribution in [-0.2, 0) is 14.8 Å². The number of amides is 2. The second-order valence-electron chi connectivity index (χ2n) is 7.29. The van der Waals surface area contributed by atoms with Gasteiger partial charge >= 0.3 is 0 Å². The van der Waals surface area contributed by atoms with E-state index in [4.69, 9.17) is 0 Å². The number of likely N-dealkylation sites (tertiary alicyclic amines) is 2. The topological polar surface area (TPSA) is 86.8 Å². The van der Waals surface area contributed by atoms with E-state index in [-0.39, 0.29) is 17.9 Å². The zero-order valence-corrected chi connectivity index (χ0v) is 18.3. The van der Waals surface area contributed by atoms with Crippen molar-refractivity contribution >= 4 is 44.5 Å². The number of sulfonamides is 1. The molecule has 2 fully saturated rings. The van der Waals surface area contributed by atoms with Gasteiger partial charge in [0.25, 0.3) is 5.91 Å². The Bertz CT molecular complexity index is 949. The summed E-state index contributed by atoms with van der Waals surface area (Å²) < 4.78 is 27.8. The second-order valence-corrected chi connectivity index (χ2v) is 11.1. The van der Waals surface area contributed by atoms with Gasteiger partial charge in [0.15, 0.2) is 0 Å². The Kier molecular flexibility index (Phi) is 6.05. The average Bonchev–Trinajstić information content (AvgIpc) is 3.50. The highest BCUT2D eigenvalue weighted by Crippen LogP contribution is 2.25. The summed E-state index contributed by atoms with van der Waals surface area (Å²) in [7, 11) is -3.50. The molecule has 2 saturated heterocycles. The van der Waals surface area contributed by atoms with Crippen LogP contribution in [0.3, 0.4) is 0 Å². The Morgan fingerprint density at radius 3 is 2.38 bits per heavy atom. The molecule has 156 valence electrons. The van der Waals surface area contributed by atoms with Crippen molar-refractivity contribution in [2.24, 2.45) is 0 Å². The summed E-state index contributed by atoms with van der Waals surface area (Å²) in [5, 5.41) is 3.60. The Morgan fingerprint density at radius 2 is 1.72 bits per heavy atom. The molecule has 0 spiro atoms. The van der Waals surface area contributed by atoms with Crippen LogP contribution in [0, 0.1) is 0 Å². The molecule has 0 aromatic carbocycles. The first-order valence-electron chi connectivity index (χ1n) is 9.65. The zero-order valence-electron chi connectivity index (χ0n) is 15.8. The predicted octanol–water partition coefficient (Wildman–Crippen LogP) is 2.38. The molecule has 4 rings (SSSR count). The van der Waals surface area contributed by atoms with Crippen molar-refractivity contribution in [1.29, 1.82) is 0 Å². The number of hydrogen-bond acceptors (Lipinski definition) is 6. The van der Waals surface area contributed by atoms with E-state index in [9.17, 15) is 18.0 Å². The molecule has 2 aromatic heterocycles. The van der Waals surface area contributed by atoms with Gasteiger partial charge in [-0.1, -0.05) is 12.1 Å². The highest BCUT2D eigenvalue weighted by molar-refractivity contribution is 7.91. The molecule has 0 unspecified atom stereocenters. The summed E-state index contributed by atoms with van der Waals surface area (Å²) in [6.45, 7) is 1.59. The van der Waals surface area contributed by atoms with Gasteiger partial charge in [0.2, 0.25) is 15.9 Å². The van der Waals surface area contributed by atoms with E-state index in [0.717, 1.165) is 6.42 Å². The van der Waals surface area contributed by atoms with Gasteiger partial charge in [-0.15, -0.1) is 22.7 Å². The smallest absolute Gasteiger partial charge is 0.264 e. The van der Waals surface area contributed by atoms with Crippen LogP contribution in [0.25, 0.3) is 0 Å². The van der Waals surface area contributed by atoms with Gasteiger partial charge < -0.3 is 9.80 Å². The predicted molar refractivity (Wildman–Crippen MR) is 113 cm³/mol. The number of rotatable bonds is 5. The summed E-state index contributed by atoms with van der Waals surface area (Å²) in [4.78, 5) is 29.9. The van der Waals surface area contributed by atoms with Crippen molar-refractivity contribution in [2.75, 3.05) is 19.6 Å². The standard InChI is InChI=1S/C19H23N3O4S3/c23-18(15-4-1-9-22(15)19(24)16-5-2-12-27-16)21-10-7-14(8-11-21)20-29(25,26)17-6-3-13-28-17/h2-3,5-6,12-15,20H,1,4,7-11H2/t15-/m0/s1. The summed E-state index contributed by atoms with van der Waals surface area (Å²) in [5.41, 5.74) is 0. The maximum atomic E-state index is 13.1. The summed E-state index contributed by atoms with van der Waals surface area (Å²) in [6.07, 6.45) is 2.65. The van der Waals surface area contributed by atoms with Crippen LogP contribution in [-0.4, -0.2) is 61.7 Å². The van der Waals surface area contributed by atoms with Crippen LogP contribution < -0.4 is 4.72 Å².